The average Bonchev–Trinajstić information content (AvgIpc) is 3.09. The zero-order valence-corrected chi connectivity index (χ0v) is 14.2. The van der Waals surface area contributed by atoms with Gasteiger partial charge in [-0.1, -0.05) is 31.0 Å². The molecule has 0 aromatic heterocycles. The second kappa shape index (κ2) is 7.81. The molecule has 0 unspecified atom stereocenters. The highest BCUT2D eigenvalue weighted by atomic mass is 19.1. The Bertz CT molecular complexity index is 768. The van der Waals surface area contributed by atoms with Gasteiger partial charge in [-0.3, -0.25) is 4.79 Å². The minimum Gasteiger partial charge on any atom is -0.481 e. The summed E-state index contributed by atoms with van der Waals surface area (Å²) in [6.45, 7) is -0.249. The molecule has 1 saturated carbocycles. The van der Waals surface area contributed by atoms with Crippen LogP contribution in [0.15, 0.2) is 42.5 Å². The van der Waals surface area contributed by atoms with Crippen molar-refractivity contribution in [2.24, 2.45) is 0 Å². The zero-order valence-electron chi connectivity index (χ0n) is 14.2. The Morgan fingerprint density at radius 2 is 1.58 bits per heavy atom. The second-order valence-electron chi connectivity index (χ2n) is 6.58. The smallest absolute Gasteiger partial charge is 0.257 e. The molecule has 0 aliphatic heterocycles. The van der Waals surface area contributed by atoms with E-state index in [9.17, 15) is 18.0 Å². The van der Waals surface area contributed by atoms with E-state index >= 15 is 0 Å². The molecule has 0 saturated heterocycles. The van der Waals surface area contributed by atoms with E-state index in [2.05, 4.69) is 5.32 Å². The Morgan fingerprint density at radius 1 is 0.962 bits per heavy atom. The van der Waals surface area contributed by atoms with E-state index in [-0.39, 0.29) is 24.5 Å². The Balaban J connectivity index is 1.66. The maximum absolute atomic E-state index is 14.3. The van der Waals surface area contributed by atoms with Gasteiger partial charge in [0.2, 0.25) is 0 Å². The molecule has 1 amide bonds. The monoisotopic (exact) mass is 363 g/mol. The van der Waals surface area contributed by atoms with Crippen molar-refractivity contribution < 1.29 is 22.7 Å². The van der Waals surface area contributed by atoms with E-state index in [0.29, 0.717) is 12.8 Å². The van der Waals surface area contributed by atoms with E-state index in [0.717, 1.165) is 12.8 Å². The molecule has 0 atom stereocenters. The van der Waals surface area contributed by atoms with Crippen LogP contribution in [0.1, 0.15) is 31.2 Å². The number of carbonyl (C=O) groups is 1. The summed E-state index contributed by atoms with van der Waals surface area (Å²) in [5.41, 5.74) is -0.726. The van der Waals surface area contributed by atoms with Gasteiger partial charge in [-0.2, -0.15) is 0 Å². The van der Waals surface area contributed by atoms with Crippen molar-refractivity contribution in [1.82, 2.24) is 5.32 Å². The van der Waals surface area contributed by atoms with Crippen LogP contribution in [-0.4, -0.2) is 19.1 Å². The summed E-state index contributed by atoms with van der Waals surface area (Å²) in [5, 5.41) is 2.69. The summed E-state index contributed by atoms with van der Waals surface area (Å²) < 4.78 is 47.2. The predicted octanol–water partition coefficient (Wildman–Crippen LogP) is 4.11. The molecule has 26 heavy (non-hydrogen) atoms. The highest BCUT2D eigenvalue weighted by Gasteiger charge is 2.40. The van der Waals surface area contributed by atoms with Gasteiger partial charge in [0, 0.05) is 17.5 Å². The van der Waals surface area contributed by atoms with Crippen LogP contribution in [0, 0.1) is 17.5 Å². The van der Waals surface area contributed by atoms with Gasteiger partial charge in [-0.25, -0.2) is 13.2 Å². The summed E-state index contributed by atoms with van der Waals surface area (Å²) in [6, 6.07) is 9.60. The molecular formula is C20H20F3NO2. The number of halogens is 3. The number of hydrogen-bond donors (Lipinski definition) is 1. The van der Waals surface area contributed by atoms with E-state index in [1.165, 1.54) is 36.4 Å². The first-order valence-corrected chi connectivity index (χ1v) is 8.60. The molecule has 1 N–H and O–H groups in total. The van der Waals surface area contributed by atoms with Gasteiger partial charge >= 0.3 is 0 Å². The van der Waals surface area contributed by atoms with Crippen molar-refractivity contribution in [3.8, 4) is 5.75 Å². The Kier molecular flexibility index (Phi) is 5.49. The van der Waals surface area contributed by atoms with Crippen LogP contribution in [0.2, 0.25) is 0 Å². The Morgan fingerprint density at radius 3 is 2.23 bits per heavy atom. The van der Waals surface area contributed by atoms with E-state index in [1.54, 1.807) is 6.07 Å². The standard InChI is InChI=1S/C20H20F3NO2/c21-14-6-1-2-9-17(14)26-12-18(25)24-13-20(10-3-4-11-20)19-15(22)7-5-8-16(19)23/h1-2,5-9H,3-4,10-13H2,(H,24,25). The molecule has 2 aromatic rings. The molecule has 0 spiro atoms. The first-order valence-electron chi connectivity index (χ1n) is 8.60. The lowest BCUT2D eigenvalue weighted by Crippen LogP contribution is -2.42. The molecule has 2 aromatic carbocycles. The van der Waals surface area contributed by atoms with Crippen LogP contribution in [0.4, 0.5) is 13.2 Å². The van der Waals surface area contributed by atoms with Gasteiger partial charge in [-0.05, 0) is 37.1 Å². The summed E-state index contributed by atoms with van der Waals surface area (Å²) >= 11 is 0. The summed E-state index contributed by atoms with van der Waals surface area (Å²) in [4.78, 5) is 12.1. The lowest BCUT2D eigenvalue weighted by atomic mass is 9.78. The number of hydrogen-bond acceptors (Lipinski definition) is 2. The minimum atomic E-state index is -0.761. The topological polar surface area (TPSA) is 38.3 Å². The number of benzene rings is 2. The first-order chi connectivity index (χ1) is 12.5. The number of rotatable bonds is 6. The minimum absolute atomic E-state index is 0.0154. The number of nitrogens with one attached hydrogen (secondary N) is 1. The highest BCUT2D eigenvalue weighted by Crippen LogP contribution is 2.42. The fraction of sp³-hybridized carbons (Fsp3) is 0.350. The second-order valence-corrected chi connectivity index (χ2v) is 6.58. The van der Waals surface area contributed by atoms with Crippen molar-refractivity contribution in [2.45, 2.75) is 31.1 Å². The fourth-order valence-corrected chi connectivity index (χ4v) is 3.60. The summed E-state index contributed by atoms with van der Waals surface area (Å²) in [7, 11) is 0. The van der Waals surface area contributed by atoms with Crippen molar-refractivity contribution in [3.05, 3.63) is 65.5 Å². The predicted molar refractivity (Wildman–Crippen MR) is 91.4 cm³/mol. The van der Waals surface area contributed by atoms with Crippen LogP contribution < -0.4 is 10.1 Å². The van der Waals surface area contributed by atoms with Crippen molar-refractivity contribution in [2.75, 3.05) is 13.2 Å². The molecule has 1 fully saturated rings. The third-order valence-electron chi connectivity index (χ3n) is 4.87. The van der Waals surface area contributed by atoms with Crippen LogP contribution in [-0.2, 0) is 10.2 Å². The van der Waals surface area contributed by atoms with Gasteiger partial charge in [0.15, 0.2) is 18.2 Å². The molecule has 0 bridgehead atoms. The normalized spacial score (nSPS) is 15.7. The van der Waals surface area contributed by atoms with Crippen LogP contribution in [0.3, 0.4) is 0 Å². The quantitative estimate of drug-likeness (QED) is 0.839. The Labute approximate surface area is 150 Å². The van der Waals surface area contributed by atoms with Crippen LogP contribution in [0.25, 0.3) is 0 Å². The summed E-state index contributed by atoms with van der Waals surface area (Å²) in [6.07, 6.45) is 2.88. The maximum atomic E-state index is 14.3. The number of carbonyl (C=O) groups excluding carboxylic acids is 1. The van der Waals surface area contributed by atoms with Gasteiger partial charge in [0.25, 0.3) is 5.91 Å². The number of para-hydroxylation sites is 1. The van der Waals surface area contributed by atoms with Gasteiger partial charge in [0.05, 0.1) is 0 Å². The molecular weight excluding hydrogens is 343 g/mol. The Hall–Kier alpha value is -2.50. The number of ether oxygens (including phenoxy) is 1. The maximum Gasteiger partial charge on any atom is 0.257 e. The van der Waals surface area contributed by atoms with Gasteiger partial charge in [0.1, 0.15) is 11.6 Å². The van der Waals surface area contributed by atoms with Gasteiger partial charge in [-0.15, -0.1) is 0 Å². The first kappa shape index (κ1) is 18.3. The van der Waals surface area contributed by atoms with Gasteiger partial charge < -0.3 is 10.1 Å². The zero-order chi connectivity index (χ0) is 18.6. The molecule has 1 aliphatic carbocycles. The lowest BCUT2D eigenvalue weighted by Gasteiger charge is -2.30. The van der Waals surface area contributed by atoms with Crippen LogP contribution >= 0.6 is 0 Å². The molecule has 3 nitrogen and oxygen atoms in total. The third kappa shape index (κ3) is 3.84. The molecule has 1 aliphatic rings. The number of amides is 1. The van der Waals surface area contributed by atoms with Crippen LogP contribution in [0.5, 0.6) is 5.75 Å². The molecule has 6 heteroatoms. The van der Waals surface area contributed by atoms with E-state index < -0.39 is 28.8 Å². The SMILES string of the molecule is O=C(COc1ccccc1F)NCC1(c2c(F)cccc2F)CCCC1. The highest BCUT2D eigenvalue weighted by molar-refractivity contribution is 5.77. The van der Waals surface area contributed by atoms with Crippen molar-refractivity contribution >= 4 is 5.91 Å². The van der Waals surface area contributed by atoms with Crippen molar-refractivity contribution in [1.29, 1.82) is 0 Å². The molecule has 0 radical (unpaired) electrons. The molecule has 138 valence electrons. The lowest BCUT2D eigenvalue weighted by molar-refractivity contribution is -0.123. The average molecular weight is 363 g/mol. The molecule has 3 rings (SSSR count). The third-order valence-corrected chi connectivity index (χ3v) is 4.87. The van der Waals surface area contributed by atoms with E-state index in [4.69, 9.17) is 4.74 Å². The molecule has 0 heterocycles. The van der Waals surface area contributed by atoms with Crippen molar-refractivity contribution in [3.63, 3.8) is 0 Å². The summed E-state index contributed by atoms with van der Waals surface area (Å²) in [5.74, 6) is -2.22. The largest absolute Gasteiger partial charge is 0.481 e. The fourth-order valence-electron chi connectivity index (χ4n) is 3.60. The van der Waals surface area contributed by atoms with E-state index in [1.807, 2.05) is 0 Å².